The van der Waals surface area contributed by atoms with Crippen LogP contribution in [0.3, 0.4) is 0 Å². The second-order valence-corrected chi connectivity index (χ2v) is 7.01. The number of aromatic nitrogens is 1. The molecule has 0 aliphatic carbocycles. The number of thiazole rings is 1. The molecule has 1 aromatic heterocycles. The van der Waals surface area contributed by atoms with Gasteiger partial charge in [0.2, 0.25) is 0 Å². The number of nitrogen functional groups attached to an aromatic ring is 1. The summed E-state index contributed by atoms with van der Waals surface area (Å²) >= 11 is 11.5. The van der Waals surface area contributed by atoms with Gasteiger partial charge in [-0.25, -0.2) is 4.98 Å². The predicted octanol–water partition coefficient (Wildman–Crippen LogP) is 5.58. The van der Waals surface area contributed by atoms with Crippen LogP contribution in [0.5, 0.6) is 0 Å². The van der Waals surface area contributed by atoms with Crippen molar-refractivity contribution in [1.82, 2.24) is 4.98 Å². The Bertz CT molecular complexity index is 826. The second-order valence-electron chi connectivity index (χ2n) is 4.71. The van der Waals surface area contributed by atoms with Gasteiger partial charge in [0.15, 0.2) is 0 Å². The van der Waals surface area contributed by atoms with Crippen molar-refractivity contribution in [3.8, 4) is 10.6 Å². The third-order valence-electron chi connectivity index (χ3n) is 3.41. The molecule has 2 N–H and O–H groups in total. The van der Waals surface area contributed by atoms with Crippen LogP contribution in [0, 0.1) is 13.8 Å². The SMILES string of the molecule is Cc1c(Br)cc2sc(-c3cc(N)ccc3Cl)nc2c1C. The summed E-state index contributed by atoms with van der Waals surface area (Å²) < 4.78 is 2.25. The molecule has 0 saturated heterocycles. The summed E-state index contributed by atoms with van der Waals surface area (Å²) in [6.45, 7) is 4.18. The van der Waals surface area contributed by atoms with Crippen LogP contribution in [-0.4, -0.2) is 4.98 Å². The van der Waals surface area contributed by atoms with E-state index in [-0.39, 0.29) is 0 Å². The van der Waals surface area contributed by atoms with Crippen LogP contribution in [0.25, 0.3) is 20.8 Å². The van der Waals surface area contributed by atoms with Gasteiger partial charge >= 0.3 is 0 Å². The maximum atomic E-state index is 6.26. The third kappa shape index (κ3) is 2.22. The molecule has 0 amide bonds. The van der Waals surface area contributed by atoms with Crippen molar-refractivity contribution in [3.05, 3.63) is 44.9 Å². The number of benzene rings is 2. The van der Waals surface area contributed by atoms with Crippen LogP contribution >= 0.6 is 38.9 Å². The van der Waals surface area contributed by atoms with Crippen LogP contribution in [0.4, 0.5) is 5.69 Å². The zero-order chi connectivity index (χ0) is 14.4. The number of nitrogens with zero attached hydrogens (tertiary/aromatic N) is 1. The Balaban J connectivity index is 2.28. The summed E-state index contributed by atoms with van der Waals surface area (Å²) in [6, 6.07) is 7.59. The molecule has 0 saturated carbocycles. The van der Waals surface area contributed by atoms with Crippen molar-refractivity contribution < 1.29 is 0 Å². The highest BCUT2D eigenvalue weighted by atomic mass is 79.9. The molecule has 0 aliphatic rings. The lowest BCUT2D eigenvalue weighted by molar-refractivity contribution is 1.32. The van der Waals surface area contributed by atoms with Gasteiger partial charge in [0.05, 0.1) is 15.2 Å². The molecule has 0 spiro atoms. The van der Waals surface area contributed by atoms with E-state index in [0.29, 0.717) is 10.7 Å². The quantitative estimate of drug-likeness (QED) is 0.570. The standard InChI is InChI=1S/C15H12BrClN2S/c1-7-8(2)14-13(6-11(7)16)20-15(19-14)10-5-9(18)3-4-12(10)17/h3-6H,18H2,1-2H3. The van der Waals surface area contributed by atoms with Crippen molar-refractivity contribution in [1.29, 1.82) is 0 Å². The van der Waals surface area contributed by atoms with Gasteiger partial charge in [-0.2, -0.15) is 0 Å². The first kappa shape index (κ1) is 13.9. The Morgan fingerprint density at radius 2 is 1.95 bits per heavy atom. The Morgan fingerprint density at radius 1 is 1.20 bits per heavy atom. The topological polar surface area (TPSA) is 38.9 Å². The van der Waals surface area contributed by atoms with Crippen LogP contribution in [-0.2, 0) is 0 Å². The highest BCUT2D eigenvalue weighted by Crippen LogP contribution is 2.38. The lowest BCUT2D eigenvalue weighted by Gasteiger charge is -2.02. The Kier molecular flexibility index (Phi) is 3.48. The first-order valence-electron chi connectivity index (χ1n) is 6.09. The number of aryl methyl sites for hydroxylation is 1. The lowest BCUT2D eigenvalue weighted by Crippen LogP contribution is -1.87. The van der Waals surface area contributed by atoms with Gasteiger partial charge in [0, 0.05) is 15.7 Å². The van der Waals surface area contributed by atoms with E-state index in [9.17, 15) is 0 Å². The van der Waals surface area contributed by atoms with Crippen LogP contribution < -0.4 is 5.73 Å². The van der Waals surface area contributed by atoms with Gasteiger partial charge in [0.25, 0.3) is 0 Å². The average Bonchev–Trinajstić information content (AvgIpc) is 2.83. The number of rotatable bonds is 1. The van der Waals surface area contributed by atoms with Crippen molar-refractivity contribution in [2.24, 2.45) is 0 Å². The minimum absolute atomic E-state index is 0.673. The maximum Gasteiger partial charge on any atom is 0.126 e. The molecule has 102 valence electrons. The summed E-state index contributed by atoms with van der Waals surface area (Å²) in [7, 11) is 0. The zero-order valence-corrected chi connectivity index (χ0v) is 14.2. The average molecular weight is 368 g/mol. The van der Waals surface area contributed by atoms with Crippen molar-refractivity contribution in [3.63, 3.8) is 0 Å². The maximum absolute atomic E-state index is 6.26. The van der Waals surface area contributed by atoms with Crippen molar-refractivity contribution in [2.45, 2.75) is 13.8 Å². The molecule has 0 unspecified atom stereocenters. The molecule has 0 bridgehead atoms. The minimum Gasteiger partial charge on any atom is -0.399 e. The molecule has 0 aliphatic heterocycles. The first-order chi connectivity index (χ1) is 9.47. The molecule has 0 fully saturated rings. The number of hydrogen-bond donors (Lipinski definition) is 1. The van der Waals surface area contributed by atoms with Gasteiger partial charge in [-0.3, -0.25) is 0 Å². The molecule has 1 heterocycles. The van der Waals surface area contributed by atoms with Crippen LogP contribution in [0.2, 0.25) is 5.02 Å². The van der Waals surface area contributed by atoms with E-state index in [1.165, 1.54) is 11.1 Å². The summed E-state index contributed by atoms with van der Waals surface area (Å²) in [5, 5.41) is 1.57. The summed E-state index contributed by atoms with van der Waals surface area (Å²) in [5.74, 6) is 0. The molecule has 2 aromatic carbocycles. The van der Waals surface area contributed by atoms with E-state index < -0.39 is 0 Å². The van der Waals surface area contributed by atoms with Gasteiger partial charge in [-0.15, -0.1) is 11.3 Å². The highest BCUT2D eigenvalue weighted by Gasteiger charge is 2.14. The van der Waals surface area contributed by atoms with E-state index in [2.05, 4.69) is 35.8 Å². The Labute approximate surface area is 134 Å². The lowest BCUT2D eigenvalue weighted by atomic mass is 10.1. The molecule has 0 radical (unpaired) electrons. The molecule has 0 atom stereocenters. The van der Waals surface area contributed by atoms with Crippen molar-refractivity contribution in [2.75, 3.05) is 5.73 Å². The summed E-state index contributed by atoms with van der Waals surface area (Å²) in [5.41, 5.74) is 10.9. The second kappa shape index (κ2) is 5.02. The fourth-order valence-electron chi connectivity index (χ4n) is 2.10. The van der Waals surface area contributed by atoms with Gasteiger partial charge in [-0.1, -0.05) is 27.5 Å². The molecular formula is C15H12BrClN2S. The Morgan fingerprint density at radius 3 is 2.70 bits per heavy atom. The van der Waals surface area contributed by atoms with Gasteiger partial charge < -0.3 is 5.73 Å². The normalized spacial score (nSPS) is 11.2. The number of fused-ring (bicyclic) bond motifs is 1. The molecular weight excluding hydrogens is 356 g/mol. The fraction of sp³-hybridized carbons (Fsp3) is 0.133. The number of halogens is 2. The van der Waals surface area contributed by atoms with E-state index >= 15 is 0 Å². The van der Waals surface area contributed by atoms with E-state index in [1.807, 2.05) is 12.1 Å². The molecule has 5 heteroatoms. The number of hydrogen-bond acceptors (Lipinski definition) is 3. The highest BCUT2D eigenvalue weighted by molar-refractivity contribution is 9.10. The van der Waals surface area contributed by atoms with Gasteiger partial charge in [0.1, 0.15) is 5.01 Å². The first-order valence-corrected chi connectivity index (χ1v) is 8.07. The largest absolute Gasteiger partial charge is 0.399 e. The summed E-state index contributed by atoms with van der Waals surface area (Å²) in [4.78, 5) is 4.74. The number of nitrogens with two attached hydrogens (primary N) is 1. The minimum atomic E-state index is 0.673. The molecule has 3 aromatic rings. The van der Waals surface area contributed by atoms with Gasteiger partial charge in [-0.05, 0) is 49.2 Å². The molecule has 20 heavy (non-hydrogen) atoms. The smallest absolute Gasteiger partial charge is 0.126 e. The zero-order valence-electron chi connectivity index (χ0n) is 11.0. The summed E-state index contributed by atoms with van der Waals surface area (Å²) in [6.07, 6.45) is 0. The monoisotopic (exact) mass is 366 g/mol. The van der Waals surface area contributed by atoms with Crippen molar-refractivity contribution >= 4 is 54.8 Å². The number of anilines is 1. The van der Waals surface area contributed by atoms with Crippen LogP contribution in [0.15, 0.2) is 28.7 Å². The van der Waals surface area contributed by atoms with Crippen LogP contribution in [0.1, 0.15) is 11.1 Å². The molecule has 2 nitrogen and oxygen atoms in total. The fourth-order valence-corrected chi connectivity index (χ4v) is 4.14. The predicted molar refractivity (Wildman–Crippen MR) is 91.7 cm³/mol. The Hall–Kier alpha value is -1.10. The van der Waals surface area contributed by atoms with E-state index in [0.717, 1.165) is 25.3 Å². The molecule has 3 rings (SSSR count). The van der Waals surface area contributed by atoms with E-state index in [4.69, 9.17) is 22.3 Å². The third-order valence-corrected chi connectivity index (χ3v) is 5.60. The van der Waals surface area contributed by atoms with E-state index in [1.54, 1.807) is 17.4 Å².